The number of rotatable bonds is 7. The molecular weight excluding hydrogens is 240 g/mol. The maximum absolute atomic E-state index is 11.6. The van der Waals surface area contributed by atoms with Gasteiger partial charge in [-0.25, -0.2) is 0 Å². The van der Waals surface area contributed by atoms with Crippen molar-refractivity contribution in [2.45, 2.75) is 38.9 Å². The van der Waals surface area contributed by atoms with Crippen molar-refractivity contribution in [2.24, 2.45) is 5.73 Å². The van der Waals surface area contributed by atoms with E-state index in [1.807, 2.05) is 25.1 Å². The van der Waals surface area contributed by atoms with Gasteiger partial charge in [0.15, 0.2) is 0 Å². The third-order valence-corrected chi connectivity index (χ3v) is 3.41. The highest BCUT2D eigenvalue weighted by Crippen LogP contribution is 2.28. The zero-order valence-electron chi connectivity index (χ0n) is 11.5. The van der Waals surface area contributed by atoms with Gasteiger partial charge in [0.2, 0.25) is 0 Å². The third-order valence-electron chi connectivity index (χ3n) is 3.41. The molecule has 0 saturated heterocycles. The number of ether oxygens (including phenoxy) is 1. The molecule has 0 spiro atoms. The molecule has 2 rings (SSSR count). The normalized spacial score (nSPS) is 14.7. The summed E-state index contributed by atoms with van der Waals surface area (Å²) in [7, 11) is 0. The van der Waals surface area contributed by atoms with Gasteiger partial charge in [-0.15, -0.1) is 0 Å². The van der Waals surface area contributed by atoms with Gasteiger partial charge in [-0.05, 0) is 30.9 Å². The summed E-state index contributed by atoms with van der Waals surface area (Å²) in [5, 5.41) is 0. The first-order chi connectivity index (χ1) is 9.24. The molecule has 4 nitrogen and oxygen atoms in total. The fraction of sp³-hybridized carbons (Fsp3) is 0.533. The first kappa shape index (κ1) is 14.0. The van der Waals surface area contributed by atoms with Crippen LogP contribution >= 0.6 is 0 Å². The Morgan fingerprint density at radius 2 is 2.05 bits per heavy atom. The number of nitrogens with two attached hydrogens (primary N) is 1. The van der Waals surface area contributed by atoms with Crippen LogP contribution in [-0.4, -0.2) is 30.1 Å². The van der Waals surface area contributed by atoms with E-state index in [0.717, 1.165) is 12.1 Å². The van der Waals surface area contributed by atoms with Crippen LogP contribution in [-0.2, 0) is 22.6 Å². The quantitative estimate of drug-likeness (QED) is 0.759. The van der Waals surface area contributed by atoms with Crippen LogP contribution in [0.4, 0.5) is 0 Å². The molecule has 104 valence electrons. The number of hydrogen-bond donors (Lipinski definition) is 1. The molecule has 1 aromatic carbocycles. The van der Waals surface area contributed by atoms with Gasteiger partial charge >= 0.3 is 5.97 Å². The van der Waals surface area contributed by atoms with Crippen molar-refractivity contribution < 1.29 is 9.53 Å². The summed E-state index contributed by atoms with van der Waals surface area (Å²) in [5.74, 6) is -0.139. The molecule has 0 radical (unpaired) electrons. The maximum Gasteiger partial charge on any atom is 0.320 e. The van der Waals surface area contributed by atoms with Gasteiger partial charge in [-0.3, -0.25) is 9.69 Å². The number of carbonyl (C=O) groups excluding carboxylic acids is 1. The minimum absolute atomic E-state index is 0.139. The van der Waals surface area contributed by atoms with Gasteiger partial charge in [0.1, 0.15) is 0 Å². The van der Waals surface area contributed by atoms with E-state index in [0.29, 0.717) is 25.7 Å². The minimum atomic E-state index is -0.139. The highest BCUT2D eigenvalue weighted by molar-refractivity contribution is 5.71. The molecule has 2 N–H and O–H groups in total. The van der Waals surface area contributed by atoms with Crippen LogP contribution in [0.5, 0.6) is 0 Å². The smallest absolute Gasteiger partial charge is 0.320 e. The summed E-state index contributed by atoms with van der Waals surface area (Å²) in [6.45, 7) is 3.96. The second kappa shape index (κ2) is 6.68. The average molecular weight is 262 g/mol. The van der Waals surface area contributed by atoms with Gasteiger partial charge in [0.05, 0.1) is 13.2 Å². The van der Waals surface area contributed by atoms with Crippen molar-refractivity contribution in [3.63, 3.8) is 0 Å². The summed E-state index contributed by atoms with van der Waals surface area (Å²) in [4.78, 5) is 13.8. The minimum Gasteiger partial charge on any atom is -0.465 e. The topological polar surface area (TPSA) is 55.6 Å². The first-order valence-corrected chi connectivity index (χ1v) is 6.91. The third kappa shape index (κ3) is 4.04. The van der Waals surface area contributed by atoms with E-state index in [-0.39, 0.29) is 5.97 Å². The van der Waals surface area contributed by atoms with E-state index in [9.17, 15) is 4.79 Å². The second-order valence-corrected chi connectivity index (χ2v) is 4.91. The molecule has 1 aliphatic rings. The Bertz CT molecular complexity index is 430. The van der Waals surface area contributed by atoms with Crippen LogP contribution in [0.25, 0.3) is 0 Å². The van der Waals surface area contributed by atoms with Crippen molar-refractivity contribution in [2.75, 3.05) is 13.2 Å². The Labute approximate surface area is 114 Å². The molecular formula is C15H22N2O2. The molecule has 1 aromatic rings. The van der Waals surface area contributed by atoms with Crippen LogP contribution in [0.2, 0.25) is 0 Å². The van der Waals surface area contributed by atoms with E-state index in [4.69, 9.17) is 10.5 Å². The van der Waals surface area contributed by atoms with E-state index in [2.05, 4.69) is 11.0 Å². The molecule has 0 bridgehead atoms. The Morgan fingerprint density at radius 3 is 2.63 bits per heavy atom. The number of hydrogen-bond acceptors (Lipinski definition) is 4. The van der Waals surface area contributed by atoms with Crippen molar-refractivity contribution in [1.82, 2.24) is 4.90 Å². The van der Waals surface area contributed by atoms with Gasteiger partial charge in [0.25, 0.3) is 0 Å². The van der Waals surface area contributed by atoms with E-state index in [1.54, 1.807) is 0 Å². The predicted molar refractivity (Wildman–Crippen MR) is 74.4 cm³/mol. The molecule has 0 heterocycles. The Balaban J connectivity index is 2.02. The lowest BCUT2D eigenvalue weighted by Crippen LogP contribution is -2.33. The molecule has 19 heavy (non-hydrogen) atoms. The zero-order chi connectivity index (χ0) is 13.7. The average Bonchev–Trinajstić information content (AvgIpc) is 3.23. The fourth-order valence-corrected chi connectivity index (χ4v) is 2.26. The molecule has 0 atom stereocenters. The monoisotopic (exact) mass is 262 g/mol. The maximum atomic E-state index is 11.6. The summed E-state index contributed by atoms with van der Waals surface area (Å²) >= 11 is 0. The van der Waals surface area contributed by atoms with Crippen LogP contribution in [0, 0.1) is 0 Å². The molecule has 0 aromatic heterocycles. The lowest BCUT2D eigenvalue weighted by atomic mass is 10.1. The van der Waals surface area contributed by atoms with Crippen molar-refractivity contribution in [3.05, 3.63) is 35.4 Å². The molecule has 4 heteroatoms. The highest BCUT2D eigenvalue weighted by Gasteiger charge is 2.30. The molecule has 0 aliphatic heterocycles. The lowest BCUT2D eigenvalue weighted by molar-refractivity contribution is -0.144. The van der Waals surface area contributed by atoms with Gasteiger partial charge < -0.3 is 10.5 Å². The largest absolute Gasteiger partial charge is 0.465 e. The number of benzene rings is 1. The molecule has 0 unspecified atom stereocenters. The van der Waals surface area contributed by atoms with Crippen LogP contribution < -0.4 is 5.73 Å². The summed E-state index contributed by atoms with van der Waals surface area (Å²) in [6.07, 6.45) is 2.34. The van der Waals surface area contributed by atoms with Gasteiger partial charge in [0, 0.05) is 19.1 Å². The number of nitrogens with zero attached hydrogens (tertiary/aromatic N) is 1. The van der Waals surface area contributed by atoms with Gasteiger partial charge in [-0.2, -0.15) is 0 Å². The summed E-state index contributed by atoms with van der Waals surface area (Å²) in [5.41, 5.74) is 8.12. The predicted octanol–water partition coefficient (Wildman–Crippen LogP) is 1.67. The Morgan fingerprint density at radius 1 is 1.37 bits per heavy atom. The second-order valence-electron chi connectivity index (χ2n) is 4.91. The molecule has 1 fully saturated rings. The molecule has 1 aliphatic carbocycles. The van der Waals surface area contributed by atoms with Crippen molar-refractivity contribution >= 4 is 5.97 Å². The standard InChI is InChI=1S/C15H22N2O2/c1-2-19-15(18)11-17(14-7-8-14)10-13-6-4-3-5-12(13)9-16/h3-6,14H,2,7-11,16H2,1H3. The van der Waals surface area contributed by atoms with Crippen LogP contribution in [0.1, 0.15) is 30.9 Å². The van der Waals surface area contributed by atoms with Crippen molar-refractivity contribution in [3.8, 4) is 0 Å². The fourth-order valence-electron chi connectivity index (χ4n) is 2.26. The highest BCUT2D eigenvalue weighted by atomic mass is 16.5. The molecule has 1 saturated carbocycles. The van der Waals surface area contributed by atoms with Crippen molar-refractivity contribution in [1.29, 1.82) is 0 Å². The van der Waals surface area contributed by atoms with Gasteiger partial charge in [-0.1, -0.05) is 24.3 Å². The number of esters is 1. The molecule has 0 amide bonds. The zero-order valence-corrected chi connectivity index (χ0v) is 11.5. The number of carbonyl (C=O) groups is 1. The lowest BCUT2D eigenvalue weighted by Gasteiger charge is -2.22. The van der Waals surface area contributed by atoms with E-state index in [1.165, 1.54) is 18.4 Å². The summed E-state index contributed by atoms with van der Waals surface area (Å²) < 4.78 is 5.04. The Kier molecular flexibility index (Phi) is 4.93. The first-order valence-electron chi connectivity index (χ1n) is 6.91. The van der Waals surface area contributed by atoms with Crippen LogP contribution in [0.3, 0.4) is 0 Å². The SMILES string of the molecule is CCOC(=O)CN(Cc1ccccc1CN)C1CC1. The Hall–Kier alpha value is -1.39. The van der Waals surface area contributed by atoms with E-state index >= 15 is 0 Å². The van der Waals surface area contributed by atoms with Crippen LogP contribution in [0.15, 0.2) is 24.3 Å². The summed E-state index contributed by atoms with van der Waals surface area (Å²) in [6, 6.07) is 8.67. The van der Waals surface area contributed by atoms with E-state index < -0.39 is 0 Å².